The summed E-state index contributed by atoms with van der Waals surface area (Å²) < 4.78 is 38.9. The molecule has 0 saturated heterocycles. The molecule has 1 atom stereocenters. The SMILES string of the molecule is Cc1cc(C(F)(F)F)nc(C(C(N)=O)c2nc3ccccc3[nH]2)n1. The highest BCUT2D eigenvalue weighted by Crippen LogP contribution is 2.30. The highest BCUT2D eigenvalue weighted by molar-refractivity contribution is 5.85. The molecule has 0 fully saturated rings. The van der Waals surface area contributed by atoms with Gasteiger partial charge in [-0.3, -0.25) is 4.79 Å². The van der Waals surface area contributed by atoms with Crippen molar-refractivity contribution in [2.24, 2.45) is 5.73 Å². The summed E-state index contributed by atoms with van der Waals surface area (Å²) in [5, 5.41) is 0. The molecule has 3 rings (SSSR count). The average Bonchev–Trinajstić information content (AvgIpc) is 2.88. The molecule has 9 heteroatoms. The van der Waals surface area contributed by atoms with E-state index in [1.54, 1.807) is 24.3 Å². The standard InChI is InChI=1S/C15H12F3N5O/c1-7-6-10(15(16,17)18)23-13(20-7)11(12(19)24)14-21-8-4-2-3-5-9(8)22-14/h2-6,11H,1H3,(H2,19,24)(H,21,22). The molecule has 24 heavy (non-hydrogen) atoms. The van der Waals surface area contributed by atoms with E-state index < -0.39 is 23.7 Å². The third-order valence-electron chi connectivity index (χ3n) is 3.39. The van der Waals surface area contributed by atoms with Crippen LogP contribution in [0.3, 0.4) is 0 Å². The topological polar surface area (TPSA) is 97.5 Å². The summed E-state index contributed by atoms with van der Waals surface area (Å²) in [4.78, 5) is 26.4. The van der Waals surface area contributed by atoms with E-state index in [0.717, 1.165) is 6.07 Å². The van der Waals surface area contributed by atoms with Crippen molar-refractivity contribution in [2.75, 3.05) is 0 Å². The Bertz CT molecular complexity index is 886. The Kier molecular flexibility index (Phi) is 3.70. The van der Waals surface area contributed by atoms with Gasteiger partial charge in [0.1, 0.15) is 17.3 Å². The number of aromatic amines is 1. The van der Waals surface area contributed by atoms with E-state index in [4.69, 9.17) is 5.73 Å². The van der Waals surface area contributed by atoms with E-state index in [9.17, 15) is 18.0 Å². The second kappa shape index (κ2) is 5.59. The van der Waals surface area contributed by atoms with Gasteiger partial charge in [0.25, 0.3) is 0 Å². The number of fused-ring (bicyclic) bond motifs is 1. The molecule has 0 saturated carbocycles. The van der Waals surface area contributed by atoms with Crippen molar-refractivity contribution in [1.82, 2.24) is 19.9 Å². The third-order valence-corrected chi connectivity index (χ3v) is 3.39. The maximum atomic E-state index is 13.0. The van der Waals surface area contributed by atoms with Gasteiger partial charge in [-0.15, -0.1) is 0 Å². The van der Waals surface area contributed by atoms with Crippen LogP contribution in [0.15, 0.2) is 30.3 Å². The Balaban J connectivity index is 2.15. The molecule has 2 heterocycles. The number of imidazole rings is 1. The number of primary amides is 1. The summed E-state index contributed by atoms with van der Waals surface area (Å²) in [5.74, 6) is -2.44. The Labute approximate surface area is 133 Å². The molecule has 0 bridgehead atoms. The largest absolute Gasteiger partial charge is 0.433 e. The smallest absolute Gasteiger partial charge is 0.369 e. The van der Waals surface area contributed by atoms with Gasteiger partial charge in [0.15, 0.2) is 5.92 Å². The summed E-state index contributed by atoms with van der Waals surface area (Å²) in [6, 6.07) is 7.74. The second-order valence-corrected chi connectivity index (χ2v) is 5.23. The fraction of sp³-hybridized carbons (Fsp3) is 0.200. The monoisotopic (exact) mass is 335 g/mol. The van der Waals surface area contributed by atoms with Gasteiger partial charge in [0.05, 0.1) is 11.0 Å². The number of carbonyl (C=O) groups is 1. The number of nitrogens with one attached hydrogen (secondary N) is 1. The predicted molar refractivity (Wildman–Crippen MR) is 78.9 cm³/mol. The molecule has 1 unspecified atom stereocenters. The van der Waals surface area contributed by atoms with Crippen LogP contribution in [0.1, 0.15) is 29.0 Å². The molecular weight excluding hydrogens is 323 g/mol. The molecule has 1 aromatic carbocycles. The van der Waals surface area contributed by atoms with Crippen LogP contribution in [0, 0.1) is 6.92 Å². The van der Waals surface area contributed by atoms with Crippen molar-refractivity contribution < 1.29 is 18.0 Å². The molecule has 3 N–H and O–H groups in total. The Morgan fingerprint density at radius 2 is 1.92 bits per heavy atom. The summed E-state index contributed by atoms with van der Waals surface area (Å²) in [6.07, 6.45) is -4.65. The van der Waals surface area contributed by atoms with Crippen LogP contribution in [-0.2, 0) is 11.0 Å². The Morgan fingerprint density at radius 1 is 1.21 bits per heavy atom. The van der Waals surface area contributed by atoms with Crippen LogP contribution in [0.5, 0.6) is 0 Å². The molecule has 2 aromatic heterocycles. The van der Waals surface area contributed by atoms with E-state index >= 15 is 0 Å². The number of hydrogen-bond acceptors (Lipinski definition) is 4. The molecule has 3 aromatic rings. The second-order valence-electron chi connectivity index (χ2n) is 5.23. The van der Waals surface area contributed by atoms with Gasteiger partial charge in [0, 0.05) is 5.69 Å². The first-order valence-electron chi connectivity index (χ1n) is 6.92. The normalized spacial score (nSPS) is 13.2. The average molecular weight is 335 g/mol. The summed E-state index contributed by atoms with van der Waals surface area (Å²) >= 11 is 0. The summed E-state index contributed by atoms with van der Waals surface area (Å²) in [7, 11) is 0. The number of para-hydroxylation sites is 2. The number of aryl methyl sites for hydroxylation is 1. The van der Waals surface area contributed by atoms with Gasteiger partial charge in [0.2, 0.25) is 5.91 Å². The number of aromatic nitrogens is 4. The molecular formula is C15H12F3N5O. The lowest BCUT2D eigenvalue weighted by Gasteiger charge is -2.13. The van der Waals surface area contributed by atoms with Crippen LogP contribution in [0.4, 0.5) is 13.2 Å². The lowest BCUT2D eigenvalue weighted by Crippen LogP contribution is -2.26. The van der Waals surface area contributed by atoms with Crippen LogP contribution in [0.25, 0.3) is 11.0 Å². The van der Waals surface area contributed by atoms with E-state index in [1.807, 2.05) is 0 Å². The molecule has 1 amide bonds. The molecule has 6 nitrogen and oxygen atoms in total. The maximum Gasteiger partial charge on any atom is 0.433 e. The van der Waals surface area contributed by atoms with Crippen LogP contribution < -0.4 is 5.73 Å². The van der Waals surface area contributed by atoms with Crippen molar-refractivity contribution in [2.45, 2.75) is 19.0 Å². The molecule has 0 aliphatic rings. The van der Waals surface area contributed by atoms with Gasteiger partial charge < -0.3 is 10.7 Å². The zero-order valence-corrected chi connectivity index (χ0v) is 12.4. The molecule has 0 aliphatic carbocycles. The van der Waals surface area contributed by atoms with E-state index in [-0.39, 0.29) is 17.3 Å². The zero-order chi connectivity index (χ0) is 17.5. The van der Waals surface area contributed by atoms with Crippen molar-refractivity contribution in [3.05, 3.63) is 53.4 Å². The number of nitrogens with two attached hydrogens (primary N) is 1. The summed E-state index contributed by atoms with van der Waals surface area (Å²) in [6.45, 7) is 1.39. The van der Waals surface area contributed by atoms with Crippen LogP contribution >= 0.6 is 0 Å². The number of benzene rings is 1. The first-order valence-corrected chi connectivity index (χ1v) is 6.92. The van der Waals surface area contributed by atoms with Crippen molar-refractivity contribution in [3.8, 4) is 0 Å². The highest BCUT2D eigenvalue weighted by Gasteiger charge is 2.35. The lowest BCUT2D eigenvalue weighted by atomic mass is 10.1. The molecule has 124 valence electrons. The number of amides is 1. The van der Waals surface area contributed by atoms with Crippen molar-refractivity contribution >= 4 is 16.9 Å². The zero-order valence-electron chi connectivity index (χ0n) is 12.4. The highest BCUT2D eigenvalue weighted by atomic mass is 19.4. The first kappa shape index (κ1) is 15.9. The number of halogens is 3. The molecule has 0 aliphatic heterocycles. The minimum atomic E-state index is -4.65. The summed E-state index contributed by atoms with van der Waals surface area (Å²) in [5.41, 5.74) is 5.50. The number of carbonyl (C=O) groups excluding carboxylic acids is 1. The minimum Gasteiger partial charge on any atom is -0.369 e. The Morgan fingerprint density at radius 3 is 2.54 bits per heavy atom. The maximum absolute atomic E-state index is 13.0. The van der Waals surface area contributed by atoms with Crippen LogP contribution in [-0.4, -0.2) is 25.8 Å². The van der Waals surface area contributed by atoms with Crippen molar-refractivity contribution in [3.63, 3.8) is 0 Å². The van der Waals surface area contributed by atoms with E-state index in [0.29, 0.717) is 11.0 Å². The first-order chi connectivity index (χ1) is 11.3. The van der Waals surface area contributed by atoms with Gasteiger partial charge in [-0.1, -0.05) is 12.1 Å². The van der Waals surface area contributed by atoms with Gasteiger partial charge >= 0.3 is 6.18 Å². The van der Waals surface area contributed by atoms with Gasteiger partial charge in [-0.2, -0.15) is 13.2 Å². The predicted octanol–water partition coefficient (Wildman–Crippen LogP) is 2.30. The van der Waals surface area contributed by atoms with Crippen LogP contribution in [0.2, 0.25) is 0 Å². The van der Waals surface area contributed by atoms with Gasteiger partial charge in [-0.25, -0.2) is 15.0 Å². The van der Waals surface area contributed by atoms with E-state index in [1.165, 1.54) is 6.92 Å². The van der Waals surface area contributed by atoms with E-state index in [2.05, 4.69) is 19.9 Å². The molecule has 0 radical (unpaired) electrons. The molecule has 0 spiro atoms. The quantitative estimate of drug-likeness (QED) is 0.767. The fourth-order valence-electron chi connectivity index (χ4n) is 2.36. The minimum absolute atomic E-state index is 0.0784. The number of nitrogens with zero attached hydrogens (tertiary/aromatic N) is 3. The number of rotatable bonds is 3. The number of hydrogen-bond donors (Lipinski definition) is 2. The third kappa shape index (κ3) is 2.92. The fourth-order valence-corrected chi connectivity index (χ4v) is 2.36. The van der Waals surface area contributed by atoms with Gasteiger partial charge in [-0.05, 0) is 25.1 Å². The lowest BCUT2D eigenvalue weighted by molar-refractivity contribution is -0.141. The number of H-pyrrole nitrogens is 1. The van der Waals surface area contributed by atoms with Crippen molar-refractivity contribution in [1.29, 1.82) is 0 Å². The number of alkyl halides is 3. The Hall–Kier alpha value is -2.97.